The lowest BCUT2D eigenvalue weighted by Gasteiger charge is -2.18. The summed E-state index contributed by atoms with van der Waals surface area (Å²) in [4.78, 5) is 18.4. The molecule has 1 saturated heterocycles. The zero-order valence-electron chi connectivity index (χ0n) is 16.9. The average Bonchev–Trinajstić information content (AvgIpc) is 3.09. The molecular weight excluding hydrogens is 518 g/mol. The summed E-state index contributed by atoms with van der Waals surface area (Å²) in [6.45, 7) is 2.64. The van der Waals surface area contributed by atoms with Crippen molar-refractivity contribution in [2.75, 3.05) is 26.7 Å². The normalized spacial score (nSPS) is 16.4. The van der Waals surface area contributed by atoms with E-state index in [9.17, 15) is 9.18 Å². The average molecular weight is 545 g/mol. The fraction of sp³-hybridized carbons (Fsp3) is 0.364. The number of hydrogen-bond donors (Lipinski definition) is 2. The fourth-order valence-corrected chi connectivity index (χ4v) is 3.62. The zero-order valence-corrected chi connectivity index (χ0v) is 20.0. The Bertz CT molecular complexity index is 865. The lowest BCUT2D eigenvalue weighted by atomic mass is 10.1. The van der Waals surface area contributed by atoms with Crippen molar-refractivity contribution >= 4 is 47.4 Å². The lowest BCUT2D eigenvalue weighted by molar-refractivity contribution is -0.127. The molecule has 2 N–H and O–H groups in total. The first-order valence-electron chi connectivity index (χ1n) is 9.75. The zero-order chi connectivity index (χ0) is 20.6. The van der Waals surface area contributed by atoms with E-state index in [1.807, 2.05) is 23.1 Å². The fourth-order valence-electron chi connectivity index (χ4n) is 3.41. The summed E-state index contributed by atoms with van der Waals surface area (Å²) in [5.41, 5.74) is 2.11. The predicted molar refractivity (Wildman–Crippen MR) is 130 cm³/mol. The van der Waals surface area contributed by atoms with Gasteiger partial charge in [-0.2, -0.15) is 0 Å². The van der Waals surface area contributed by atoms with Crippen LogP contribution in [0.4, 0.5) is 4.39 Å². The first kappa shape index (κ1) is 24.4. The highest BCUT2D eigenvalue weighted by molar-refractivity contribution is 14.0. The molecular formula is C22H27ClFIN4O. The van der Waals surface area contributed by atoms with Gasteiger partial charge in [0.15, 0.2) is 5.96 Å². The van der Waals surface area contributed by atoms with Gasteiger partial charge in [-0.3, -0.25) is 9.79 Å². The van der Waals surface area contributed by atoms with E-state index in [2.05, 4.69) is 27.8 Å². The molecule has 1 amide bonds. The molecule has 3 rings (SSSR count). The molecule has 2 aromatic rings. The molecule has 0 radical (unpaired) electrons. The second kappa shape index (κ2) is 12.1. The molecule has 30 heavy (non-hydrogen) atoms. The summed E-state index contributed by atoms with van der Waals surface area (Å²) in [7, 11) is 1.69. The Morgan fingerprint density at radius 2 is 1.97 bits per heavy atom. The Hall–Kier alpha value is -1.87. The van der Waals surface area contributed by atoms with E-state index in [1.54, 1.807) is 19.2 Å². The number of amides is 1. The molecule has 0 bridgehead atoms. The standard InChI is InChI=1S/C22H26ClFN4O.HI/c1-25-22(26-13-17-7-8-20(24)19(23)11-17)27-14-18-12-21(29)28(15-18)10-9-16-5-3-2-4-6-16;/h2-8,11,18H,9-10,12-15H2,1H3,(H2,25,26,27);1H. The number of rotatable bonds is 7. The maximum atomic E-state index is 13.3. The number of benzene rings is 2. The molecule has 0 spiro atoms. The van der Waals surface area contributed by atoms with Crippen LogP contribution in [0.15, 0.2) is 53.5 Å². The Kier molecular flexibility index (Phi) is 9.84. The van der Waals surface area contributed by atoms with E-state index < -0.39 is 5.82 Å². The summed E-state index contributed by atoms with van der Waals surface area (Å²) in [6, 6.07) is 14.8. The summed E-state index contributed by atoms with van der Waals surface area (Å²) in [5, 5.41) is 6.56. The van der Waals surface area contributed by atoms with Crippen LogP contribution in [-0.4, -0.2) is 43.4 Å². The van der Waals surface area contributed by atoms with E-state index in [4.69, 9.17) is 11.6 Å². The second-order valence-corrected chi connectivity index (χ2v) is 7.61. The van der Waals surface area contributed by atoms with Crippen LogP contribution in [0.1, 0.15) is 17.5 Å². The van der Waals surface area contributed by atoms with Gasteiger partial charge in [0.25, 0.3) is 0 Å². The van der Waals surface area contributed by atoms with Gasteiger partial charge in [0.1, 0.15) is 5.82 Å². The van der Waals surface area contributed by atoms with Gasteiger partial charge in [-0.15, -0.1) is 24.0 Å². The molecule has 1 atom stereocenters. The van der Waals surface area contributed by atoms with Crippen molar-refractivity contribution in [3.05, 3.63) is 70.5 Å². The summed E-state index contributed by atoms with van der Waals surface area (Å²) < 4.78 is 13.3. The first-order chi connectivity index (χ1) is 14.0. The number of halogens is 3. The maximum absolute atomic E-state index is 13.3. The molecule has 162 valence electrons. The van der Waals surface area contributed by atoms with Crippen LogP contribution in [0.25, 0.3) is 0 Å². The van der Waals surface area contributed by atoms with E-state index in [1.165, 1.54) is 11.6 Å². The molecule has 1 fully saturated rings. The molecule has 0 saturated carbocycles. The van der Waals surface area contributed by atoms with E-state index >= 15 is 0 Å². The number of nitrogens with one attached hydrogen (secondary N) is 2. The number of nitrogens with zero attached hydrogens (tertiary/aromatic N) is 2. The molecule has 1 heterocycles. The van der Waals surface area contributed by atoms with Crippen LogP contribution in [-0.2, 0) is 17.8 Å². The number of carbonyl (C=O) groups excluding carboxylic acids is 1. The van der Waals surface area contributed by atoms with Crippen LogP contribution in [0.3, 0.4) is 0 Å². The van der Waals surface area contributed by atoms with Crippen LogP contribution in [0.5, 0.6) is 0 Å². The molecule has 8 heteroatoms. The first-order valence-corrected chi connectivity index (χ1v) is 10.1. The molecule has 1 aliphatic heterocycles. The van der Waals surface area contributed by atoms with Crippen LogP contribution in [0, 0.1) is 11.7 Å². The monoisotopic (exact) mass is 544 g/mol. The van der Waals surface area contributed by atoms with Crippen molar-refractivity contribution < 1.29 is 9.18 Å². The van der Waals surface area contributed by atoms with Gasteiger partial charge in [0, 0.05) is 45.6 Å². The maximum Gasteiger partial charge on any atom is 0.223 e. The quantitative estimate of drug-likeness (QED) is 0.316. The van der Waals surface area contributed by atoms with Gasteiger partial charge in [0.05, 0.1) is 5.02 Å². The van der Waals surface area contributed by atoms with Crippen molar-refractivity contribution in [1.29, 1.82) is 0 Å². The Labute approximate surface area is 199 Å². The van der Waals surface area contributed by atoms with Crippen LogP contribution in [0.2, 0.25) is 5.02 Å². The van der Waals surface area contributed by atoms with Gasteiger partial charge >= 0.3 is 0 Å². The smallest absolute Gasteiger partial charge is 0.223 e. The highest BCUT2D eigenvalue weighted by Crippen LogP contribution is 2.18. The Morgan fingerprint density at radius 1 is 1.20 bits per heavy atom. The number of likely N-dealkylation sites (tertiary alicyclic amines) is 1. The van der Waals surface area contributed by atoms with Gasteiger partial charge in [-0.05, 0) is 29.7 Å². The predicted octanol–water partition coefficient (Wildman–Crippen LogP) is 3.85. The Morgan fingerprint density at radius 3 is 2.67 bits per heavy atom. The Balaban J connectivity index is 0.00000320. The van der Waals surface area contributed by atoms with Crippen molar-refractivity contribution in [3.63, 3.8) is 0 Å². The van der Waals surface area contributed by atoms with E-state index in [0.29, 0.717) is 25.5 Å². The molecule has 1 unspecified atom stereocenters. The van der Waals surface area contributed by atoms with Gasteiger partial charge in [0.2, 0.25) is 5.91 Å². The third-order valence-electron chi connectivity index (χ3n) is 5.03. The topological polar surface area (TPSA) is 56.7 Å². The number of guanidine groups is 1. The van der Waals surface area contributed by atoms with Crippen molar-refractivity contribution in [3.8, 4) is 0 Å². The minimum atomic E-state index is -0.430. The van der Waals surface area contributed by atoms with Gasteiger partial charge < -0.3 is 15.5 Å². The van der Waals surface area contributed by atoms with E-state index in [0.717, 1.165) is 25.1 Å². The largest absolute Gasteiger partial charge is 0.356 e. The minimum absolute atomic E-state index is 0. The highest BCUT2D eigenvalue weighted by atomic mass is 127. The molecule has 2 aromatic carbocycles. The van der Waals surface area contributed by atoms with Crippen LogP contribution < -0.4 is 10.6 Å². The lowest BCUT2D eigenvalue weighted by Crippen LogP contribution is -2.40. The van der Waals surface area contributed by atoms with Crippen LogP contribution >= 0.6 is 35.6 Å². The summed E-state index contributed by atoms with van der Waals surface area (Å²) in [5.74, 6) is 0.662. The molecule has 5 nitrogen and oxygen atoms in total. The number of carbonyl (C=O) groups is 1. The van der Waals surface area contributed by atoms with E-state index in [-0.39, 0.29) is 40.8 Å². The van der Waals surface area contributed by atoms with Gasteiger partial charge in [-0.25, -0.2) is 4.39 Å². The molecule has 1 aliphatic rings. The SMILES string of the molecule is CN=C(NCc1ccc(F)c(Cl)c1)NCC1CC(=O)N(CCc2ccccc2)C1.I. The third kappa shape index (κ3) is 7.12. The summed E-state index contributed by atoms with van der Waals surface area (Å²) in [6.07, 6.45) is 1.42. The number of hydrogen-bond acceptors (Lipinski definition) is 2. The summed E-state index contributed by atoms with van der Waals surface area (Å²) >= 11 is 5.82. The number of aliphatic imine (C=N–C) groups is 1. The molecule has 0 aromatic heterocycles. The van der Waals surface area contributed by atoms with Crippen molar-refractivity contribution in [1.82, 2.24) is 15.5 Å². The molecule has 0 aliphatic carbocycles. The highest BCUT2D eigenvalue weighted by Gasteiger charge is 2.29. The van der Waals surface area contributed by atoms with Gasteiger partial charge in [-0.1, -0.05) is 48.0 Å². The third-order valence-corrected chi connectivity index (χ3v) is 5.32. The van der Waals surface area contributed by atoms with Crippen molar-refractivity contribution in [2.24, 2.45) is 10.9 Å². The van der Waals surface area contributed by atoms with Crippen molar-refractivity contribution in [2.45, 2.75) is 19.4 Å². The minimum Gasteiger partial charge on any atom is -0.356 e. The second-order valence-electron chi connectivity index (χ2n) is 7.20.